The molecule has 0 atom stereocenters. The van der Waals surface area contributed by atoms with E-state index in [9.17, 15) is 13.5 Å². The van der Waals surface area contributed by atoms with Crippen molar-refractivity contribution in [3.8, 4) is 0 Å². The molecule has 2 rings (SSSR count). The molecule has 0 unspecified atom stereocenters. The maximum Gasteiger partial charge on any atom is 0.244 e. The Bertz CT molecular complexity index is 730. The molecular formula is C13H13Cl2NO3S2. The van der Waals surface area contributed by atoms with Gasteiger partial charge in [-0.2, -0.15) is 4.31 Å². The van der Waals surface area contributed by atoms with E-state index in [1.807, 2.05) is 17.5 Å². The van der Waals surface area contributed by atoms with Gasteiger partial charge in [0, 0.05) is 29.1 Å². The lowest BCUT2D eigenvalue weighted by Crippen LogP contribution is -2.26. The van der Waals surface area contributed by atoms with Gasteiger partial charge in [-0.3, -0.25) is 0 Å². The van der Waals surface area contributed by atoms with Crippen LogP contribution in [0.2, 0.25) is 10.0 Å². The highest BCUT2D eigenvalue weighted by Crippen LogP contribution is 2.32. The van der Waals surface area contributed by atoms with Gasteiger partial charge in [0.15, 0.2) is 0 Å². The van der Waals surface area contributed by atoms with Crippen LogP contribution >= 0.6 is 34.5 Å². The SMILES string of the molecule is CN(Cc1cccs1)S(=O)(=O)c1ccc(Cl)c(CO)c1Cl. The Kier molecular flexibility index (Phi) is 5.29. The van der Waals surface area contributed by atoms with Gasteiger partial charge in [0.05, 0.1) is 11.6 Å². The first-order chi connectivity index (χ1) is 9.87. The molecule has 0 aliphatic heterocycles. The van der Waals surface area contributed by atoms with Crippen LogP contribution in [0.25, 0.3) is 0 Å². The molecule has 0 saturated heterocycles. The lowest BCUT2D eigenvalue weighted by Gasteiger charge is -2.18. The van der Waals surface area contributed by atoms with E-state index in [0.29, 0.717) is 0 Å². The molecule has 1 aromatic carbocycles. The van der Waals surface area contributed by atoms with E-state index in [4.69, 9.17) is 23.2 Å². The third-order valence-corrected chi connectivity index (χ3v) is 6.56. The number of rotatable bonds is 5. The predicted octanol–water partition coefficient (Wildman–Crippen LogP) is 3.37. The second kappa shape index (κ2) is 6.64. The number of sulfonamides is 1. The maximum atomic E-state index is 12.6. The number of benzene rings is 1. The molecule has 0 fully saturated rings. The number of aliphatic hydroxyl groups excluding tert-OH is 1. The van der Waals surface area contributed by atoms with Crippen molar-refractivity contribution in [1.29, 1.82) is 0 Å². The van der Waals surface area contributed by atoms with Crippen molar-refractivity contribution >= 4 is 44.6 Å². The Morgan fingerprint density at radius 2 is 2.00 bits per heavy atom. The van der Waals surface area contributed by atoms with Crippen LogP contribution in [0.15, 0.2) is 34.5 Å². The van der Waals surface area contributed by atoms with Crippen LogP contribution in [0.4, 0.5) is 0 Å². The molecule has 4 nitrogen and oxygen atoms in total. The zero-order valence-corrected chi connectivity index (χ0v) is 14.2. The summed E-state index contributed by atoms with van der Waals surface area (Å²) in [4.78, 5) is 0.866. The number of thiophene rings is 1. The highest BCUT2D eigenvalue weighted by Gasteiger charge is 2.26. The molecule has 8 heteroatoms. The van der Waals surface area contributed by atoms with E-state index >= 15 is 0 Å². The van der Waals surface area contributed by atoms with Gasteiger partial charge in [-0.15, -0.1) is 11.3 Å². The van der Waals surface area contributed by atoms with E-state index in [0.717, 1.165) is 4.88 Å². The summed E-state index contributed by atoms with van der Waals surface area (Å²) >= 11 is 13.4. The molecular weight excluding hydrogens is 353 g/mol. The maximum absolute atomic E-state index is 12.6. The average molecular weight is 366 g/mol. The van der Waals surface area contributed by atoms with Gasteiger partial charge in [0.1, 0.15) is 4.90 Å². The summed E-state index contributed by atoms with van der Waals surface area (Å²) in [6, 6.07) is 6.49. The number of aliphatic hydroxyl groups is 1. The molecule has 1 aromatic heterocycles. The van der Waals surface area contributed by atoms with Crippen LogP contribution in [0, 0.1) is 0 Å². The Hall–Kier alpha value is -0.630. The molecule has 0 spiro atoms. The summed E-state index contributed by atoms with van der Waals surface area (Å²) in [7, 11) is -2.27. The predicted molar refractivity (Wildman–Crippen MR) is 85.4 cm³/mol. The van der Waals surface area contributed by atoms with Gasteiger partial charge in [0.2, 0.25) is 10.0 Å². The minimum Gasteiger partial charge on any atom is -0.392 e. The fourth-order valence-electron chi connectivity index (χ4n) is 1.80. The van der Waals surface area contributed by atoms with Crippen molar-refractivity contribution in [2.75, 3.05) is 7.05 Å². The highest BCUT2D eigenvalue weighted by atomic mass is 35.5. The molecule has 0 amide bonds. The third-order valence-electron chi connectivity index (χ3n) is 2.96. The van der Waals surface area contributed by atoms with Crippen LogP contribution in [-0.4, -0.2) is 24.9 Å². The minimum absolute atomic E-state index is 0.0389. The molecule has 2 aromatic rings. The van der Waals surface area contributed by atoms with Crippen molar-refractivity contribution in [2.24, 2.45) is 0 Å². The first-order valence-electron chi connectivity index (χ1n) is 5.94. The van der Waals surface area contributed by atoms with Crippen LogP contribution in [0.3, 0.4) is 0 Å². The second-order valence-electron chi connectivity index (χ2n) is 4.34. The first kappa shape index (κ1) is 16.7. The Balaban J connectivity index is 2.40. The fraction of sp³-hybridized carbons (Fsp3) is 0.231. The van der Waals surface area contributed by atoms with Gasteiger partial charge in [-0.1, -0.05) is 29.3 Å². The molecule has 0 saturated carbocycles. The fourth-order valence-corrected chi connectivity index (χ4v) is 4.65. The summed E-state index contributed by atoms with van der Waals surface area (Å²) < 4.78 is 26.4. The lowest BCUT2D eigenvalue weighted by molar-refractivity contribution is 0.281. The molecule has 0 aliphatic carbocycles. The van der Waals surface area contributed by atoms with Crippen LogP contribution in [-0.2, 0) is 23.2 Å². The standard InChI is InChI=1S/C13H13Cl2NO3S2/c1-16(7-9-3-2-6-20-9)21(18,19)12-5-4-11(14)10(8-17)13(12)15/h2-6,17H,7-8H2,1H3. The molecule has 0 aliphatic rings. The minimum atomic E-state index is -3.76. The van der Waals surface area contributed by atoms with Crippen LogP contribution < -0.4 is 0 Å². The Morgan fingerprint density at radius 3 is 2.57 bits per heavy atom. The van der Waals surface area contributed by atoms with Crippen LogP contribution in [0.5, 0.6) is 0 Å². The number of halogens is 2. The van der Waals surface area contributed by atoms with Crippen molar-refractivity contribution < 1.29 is 13.5 Å². The smallest absolute Gasteiger partial charge is 0.244 e. The number of hydrogen-bond acceptors (Lipinski definition) is 4. The molecule has 0 bridgehead atoms. The van der Waals surface area contributed by atoms with Gasteiger partial charge in [-0.25, -0.2) is 8.42 Å². The van der Waals surface area contributed by atoms with Crippen molar-refractivity contribution in [3.63, 3.8) is 0 Å². The topological polar surface area (TPSA) is 57.6 Å². The molecule has 0 radical (unpaired) electrons. The van der Waals surface area contributed by atoms with Gasteiger partial charge < -0.3 is 5.11 Å². The first-order valence-corrected chi connectivity index (χ1v) is 9.02. The molecule has 21 heavy (non-hydrogen) atoms. The van der Waals surface area contributed by atoms with E-state index in [1.165, 1.54) is 34.8 Å². The lowest BCUT2D eigenvalue weighted by atomic mass is 10.2. The Labute approximate surface area is 137 Å². The molecule has 114 valence electrons. The van der Waals surface area contributed by atoms with Crippen molar-refractivity contribution in [1.82, 2.24) is 4.31 Å². The van der Waals surface area contributed by atoms with Crippen molar-refractivity contribution in [2.45, 2.75) is 18.0 Å². The van der Waals surface area contributed by atoms with Gasteiger partial charge >= 0.3 is 0 Å². The van der Waals surface area contributed by atoms with E-state index in [1.54, 1.807) is 0 Å². The quantitative estimate of drug-likeness (QED) is 0.883. The largest absolute Gasteiger partial charge is 0.392 e. The van der Waals surface area contributed by atoms with Crippen molar-refractivity contribution in [3.05, 3.63) is 50.1 Å². The number of nitrogens with zero attached hydrogens (tertiary/aromatic N) is 1. The second-order valence-corrected chi connectivity index (χ2v) is 8.17. The zero-order chi connectivity index (χ0) is 15.6. The molecule has 1 N–H and O–H groups in total. The number of hydrogen-bond donors (Lipinski definition) is 1. The monoisotopic (exact) mass is 365 g/mol. The summed E-state index contributed by atoms with van der Waals surface area (Å²) in [5, 5.41) is 11.3. The van der Waals surface area contributed by atoms with Gasteiger partial charge in [-0.05, 0) is 23.6 Å². The molecule has 1 heterocycles. The highest BCUT2D eigenvalue weighted by molar-refractivity contribution is 7.89. The van der Waals surface area contributed by atoms with Crippen LogP contribution in [0.1, 0.15) is 10.4 Å². The van der Waals surface area contributed by atoms with Gasteiger partial charge in [0.25, 0.3) is 0 Å². The Morgan fingerprint density at radius 1 is 1.29 bits per heavy atom. The summed E-state index contributed by atoms with van der Waals surface area (Å²) in [6.07, 6.45) is 0. The average Bonchev–Trinajstić information content (AvgIpc) is 2.91. The van der Waals surface area contributed by atoms with E-state index in [-0.39, 0.29) is 27.0 Å². The van der Waals surface area contributed by atoms with E-state index in [2.05, 4.69) is 0 Å². The zero-order valence-electron chi connectivity index (χ0n) is 11.1. The van der Waals surface area contributed by atoms with E-state index < -0.39 is 16.6 Å². The summed E-state index contributed by atoms with van der Waals surface area (Å²) in [5.74, 6) is 0. The summed E-state index contributed by atoms with van der Waals surface area (Å²) in [6.45, 7) is -0.164. The summed E-state index contributed by atoms with van der Waals surface area (Å²) in [5.41, 5.74) is 0.212. The third kappa shape index (κ3) is 3.41. The normalized spacial score (nSPS) is 12.0.